The molecule has 1 aliphatic rings. The Hall–Kier alpha value is -2.77. The Morgan fingerprint density at radius 3 is 2.79 bits per heavy atom. The minimum atomic E-state index is 0.306. The average molecular weight is 380 g/mol. The molecule has 7 nitrogen and oxygen atoms in total. The number of anilines is 1. The van der Waals surface area contributed by atoms with Crippen molar-refractivity contribution in [3.63, 3.8) is 0 Å². The number of benzene rings is 1. The Morgan fingerprint density at radius 2 is 2.04 bits per heavy atom. The molecule has 7 heteroatoms. The number of aromatic nitrogens is 3. The molecule has 28 heavy (non-hydrogen) atoms. The quantitative estimate of drug-likeness (QED) is 0.622. The molecule has 2 aromatic heterocycles. The summed E-state index contributed by atoms with van der Waals surface area (Å²) >= 11 is 0. The molecule has 1 saturated heterocycles. The lowest BCUT2D eigenvalue weighted by atomic mass is 10.0. The fourth-order valence-electron chi connectivity index (χ4n) is 3.32. The van der Waals surface area contributed by atoms with Crippen molar-refractivity contribution in [2.75, 3.05) is 32.3 Å². The van der Waals surface area contributed by atoms with Crippen LogP contribution in [0.3, 0.4) is 0 Å². The maximum atomic E-state index is 5.54. The molecule has 0 saturated carbocycles. The summed E-state index contributed by atoms with van der Waals surface area (Å²) in [5.74, 6) is 2.60. The number of methoxy groups -OCH3 is 1. The first-order chi connectivity index (χ1) is 13.7. The van der Waals surface area contributed by atoms with Crippen molar-refractivity contribution in [1.82, 2.24) is 15.1 Å². The third-order valence-electron chi connectivity index (χ3n) is 4.81. The average Bonchev–Trinajstić information content (AvgIpc) is 3.41. The van der Waals surface area contributed by atoms with Crippen LogP contribution in [0.4, 0.5) is 5.82 Å². The first kappa shape index (κ1) is 18.6. The highest BCUT2D eigenvalue weighted by atomic mass is 16.5. The van der Waals surface area contributed by atoms with E-state index in [1.807, 2.05) is 54.4 Å². The van der Waals surface area contributed by atoms with Gasteiger partial charge in [-0.15, -0.1) is 0 Å². The van der Waals surface area contributed by atoms with Crippen LogP contribution < -0.4 is 4.90 Å². The van der Waals surface area contributed by atoms with E-state index in [4.69, 9.17) is 14.0 Å². The fraction of sp³-hybridized carbons (Fsp3) is 0.381. The number of rotatable bonds is 7. The largest absolute Gasteiger partial charge is 0.381 e. The van der Waals surface area contributed by atoms with Crippen molar-refractivity contribution in [1.29, 1.82) is 0 Å². The van der Waals surface area contributed by atoms with Crippen molar-refractivity contribution in [2.45, 2.75) is 25.5 Å². The fourth-order valence-corrected chi connectivity index (χ4v) is 3.32. The lowest BCUT2D eigenvalue weighted by Crippen LogP contribution is -2.19. The van der Waals surface area contributed by atoms with Gasteiger partial charge in [0.25, 0.3) is 0 Å². The van der Waals surface area contributed by atoms with E-state index >= 15 is 0 Å². The maximum absolute atomic E-state index is 5.54. The number of ether oxygens (including phenoxy) is 2. The third kappa shape index (κ3) is 4.21. The van der Waals surface area contributed by atoms with Gasteiger partial charge in [0.15, 0.2) is 11.6 Å². The third-order valence-corrected chi connectivity index (χ3v) is 4.81. The minimum Gasteiger partial charge on any atom is -0.381 e. The zero-order valence-electron chi connectivity index (χ0n) is 16.2. The lowest BCUT2D eigenvalue weighted by molar-refractivity contribution is 0.177. The van der Waals surface area contributed by atoms with Crippen LogP contribution in [0, 0.1) is 0 Å². The van der Waals surface area contributed by atoms with Gasteiger partial charge < -0.3 is 18.9 Å². The second-order valence-corrected chi connectivity index (χ2v) is 6.96. The number of nitrogens with zero attached hydrogens (tertiary/aromatic N) is 4. The summed E-state index contributed by atoms with van der Waals surface area (Å²) in [5.41, 5.74) is 2.87. The summed E-state index contributed by atoms with van der Waals surface area (Å²) in [5, 5.41) is 4.19. The van der Waals surface area contributed by atoms with Gasteiger partial charge in [-0.05, 0) is 6.42 Å². The molecule has 1 fully saturated rings. The van der Waals surface area contributed by atoms with E-state index in [1.54, 1.807) is 7.11 Å². The number of hydrogen-bond donors (Lipinski definition) is 0. The summed E-state index contributed by atoms with van der Waals surface area (Å²) in [6.07, 6.45) is 0.981. The van der Waals surface area contributed by atoms with Gasteiger partial charge in [0, 0.05) is 44.4 Å². The van der Waals surface area contributed by atoms with E-state index in [1.165, 1.54) is 0 Å². The van der Waals surface area contributed by atoms with Gasteiger partial charge in [-0.1, -0.05) is 35.5 Å². The highest BCUT2D eigenvalue weighted by Gasteiger charge is 2.22. The predicted molar refractivity (Wildman–Crippen MR) is 105 cm³/mol. The molecule has 1 aromatic carbocycles. The van der Waals surface area contributed by atoms with Crippen LogP contribution in [0.5, 0.6) is 0 Å². The summed E-state index contributed by atoms with van der Waals surface area (Å²) in [6.45, 7) is 2.42. The minimum absolute atomic E-state index is 0.306. The SMILES string of the molecule is COCc1nc([C@@H]2CCOC2)cc(N(C)Cc2cc(-c3ccccc3)no2)n1. The molecule has 1 aliphatic heterocycles. The first-order valence-corrected chi connectivity index (χ1v) is 9.39. The van der Waals surface area contributed by atoms with E-state index < -0.39 is 0 Å². The van der Waals surface area contributed by atoms with Crippen LogP contribution in [0.15, 0.2) is 47.0 Å². The zero-order valence-corrected chi connectivity index (χ0v) is 16.2. The molecule has 0 spiro atoms. The Morgan fingerprint density at radius 1 is 1.18 bits per heavy atom. The van der Waals surface area contributed by atoms with Crippen molar-refractivity contribution in [3.8, 4) is 11.3 Å². The second kappa shape index (κ2) is 8.50. The van der Waals surface area contributed by atoms with Gasteiger partial charge in [0.2, 0.25) is 0 Å². The van der Waals surface area contributed by atoms with E-state index in [9.17, 15) is 0 Å². The molecule has 0 unspecified atom stereocenters. The molecule has 0 N–H and O–H groups in total. The van der Waals surface area contributed by atoms with Crippen LogP contribution in [-0.2, 0) is 22.6 Å². The van der Waals surface area contributed by atoms with E-state index in [0.717, 1.165) is 41.6 Å². The highest BCUT2D eigenvalue weighted by Crippen LogP contribution is 2.27. The summed E-state index contributed by atoms with van der Waals surface area (Å²) < 4.78 is 16.3. The van der Waals surface area contributed by atoms with Gasteiger partial charge in [-0.25, -0.2) is 9.97 Å². The van der Waals surface area contributed by atoms with Crippen LogP contribution >= 0.6 is 0 Å². The Balaban J connectivity index is 1.54. The van der Waals surface area contributed by atoms with E-state index in [2.05, 4.69) is 15.1 Å². The monoisotopic (exact) mass is 380 g/mol. The van der Waals surface area contributed by atoms with E-state index in [0.29, 0.717) is 31.5 Å². The Labute approximate surface area is 164 Å². The molecule has 0 radical (unpaired) electrons. The van der Waals surface area contributed by atoms with Crippen molar-refractivity contribution in [3.05, 3.63) is 59.7 Å². The normalized spacial score (nSPS) is 16.4. The van der Waals surface area contributed by atoms with E-state index in [-0.39, 0.29) is 0 Å². The predicted octanol–water partition coefficient (Wildman–Crippen LogP) is 3.42. The molecule has 4 rings (SSSR count). The molecule has 3 aromatic rings. The Bertz CT molecular complexity index is 907. The number of hydrogen-bond acceptors (Lipinski definition) is 7. The van der Waals surface area contributed by atoms with Crippen LogP contribution in [0.2, 0.25) is 0 Å². The van der Waals surface area contributed by atoms with Gasteiger partial charge in [-0.2, -0.15) is 0 Å². The van der Waals surface area contributed by atoms with Crippen molar-refractivity contribution >= 4 is 5.82 Å². The Kier molecular flexibility index (Phi) is 5.64. The second-order valence-electron chi connectivity index (χ2n) is 6.96. The van der Waals surface area contributed by atoms with Crippen molar-refractivity contribution in [2.24, 2.45) is 0 Å². The van der Waals surface area contributed by atoms with Gasteiger partial charge in [-0.3, -0.25) is 0 Å². The molecule has 0 aliphatic carbocycles. The van der Waals surface area contributed by atoms with Crippen LogP contribution in [0.1, 0.15) is 29.6 Å². The molecular weight excluding hydrogens is 356 g/mol. The summed E-state index contributed by atoms with van der Waals surface area (Å²) in [4.78, 5) is 11.3. The molecular formula is C21H24N4O3. The lowest BCUT2D eigenvalue weighted by Gasteiger charge is -2.19. The molecule has 1 atom stereocenters. The molecule has 0 bridgehead atoms. The highest BCUT2D eigenvalue weighted by molar-refractivity contribution is 5.58. The van der Waals surface area contributed by atoms with Gasteiger partial charge in [0.05, 0.1) is 18.8 Å². The maximum Gasteiger partial charge on any atom is 0.156 e. The summed E-state index contributed by atoms with van der Waals surface area (Å²) in [6, 6.07) is 14.0. The molecule has 0 amide bonds. The zero-order chi connectivity index (χ0) is 19.3. The van der Waals surface area contributed by atoms with Crippen LogP contribution in [0.25, 0.3) is 11.3 Å². The van der Waals surface area contributed by atoms with Crippen molar-refractivity contribution < 1.29 is 14.0 Å². The standard InChI is InChI=1S/C21H24N4O3/c1-25(12-17-10-19(24-28-17)15-6-4-3-5-7-15)21-11-18(16-8-9-27-13-16)22-20(23-21)14-26-2/h3-7,10-11,16H,8-9,12-14H2,1-2H3/t16-/m1/s1. The molecule has 3 heterocycles. The van der Waals surface area contributed by atoms with Gasteiger partial charge >= 0.3 is 0 Å². The summed E-state index contributed by atoms with van der Waals surface area (Å²) in [7, 11) is 3.64. The first-order valence-electron chi connectivity index (χ1n) is 9.39. The molecule has 146 valence electrons. The van der Waals surface area contributed by atoms with Gasteiger partial charge in [0.1, 0.15) is 18.1 Å². The smallest absolute Gasteiger partial charge is 0.156 e. The van der Waals surface area contributed by atoms with Crippen LogP contribution in [-0.4, -0.2) is 42.5 Å². The topological polar surface area (TPSA) is 73.5 Å².